The van der Waals surface area contributed by atoms with Crippen LogP contribution in [0.2, 0.25) is 0 Å². The lowest BCUT2D eigenvalue weighted by Gasteiger charge is -2.22. The minimum Gasteiger partial charge on any atom is -0.345 e. The summed E-state index contributed by atoms with van der Waals surface area (Å²) in [5.41, 5.74) is 0. The molecule has 0 radical (unpaired) electrons. The molecule has 0 saturated heterocycles. The number of carbonyl (C=O) groups excluding carboxylic acids is 2. The van der Waals surface area contributed by atoms with Crippen LogP contribution in [0.3, 0.4) is 0 Å². The van der Waals surface area contributed by atoms with Crippen LogP contribution in [0.1, 0.15) is 40.5 Å². The summed E-state index contributed by atoms with van der Waals surface area (Å²) in [6, 6.07) is -1.43. The van der Waals surface area contributed by atoms with Gasteiger partial charge in [0.25, 0.3) is 0 Å². The van der Waals surface area contributed by atoms with E-state index in [1.54, 1.807) is 0 Å². The summed E-state index contributed by atoms with van der Waals surface area (Å²) in [6.07, 6.45) is 2.61. The molecular formula is C13H26N2O4S. The summed E-state index contributed by atoms with van der Waals surface area (Å²) in [5.74, 6) is -0.0430. The van der Waals surface area contributed by atoms with Crippen LogP contribution in [0.25, 0.3) is 0 Å². The van der Waals surface area contributed by atoms with Gasteiger partial charge in [-0.25, -0.2) is 13.1 Å². The highest BCUT2D eigenvalue weighted by Crippen LogP contribution is 2.08. The largest absolute Gasteiger partial charge is 0.345 e. The summed E-state index contributed by atoms with van der Waals surface area (Å²) in [6.45, 7) is 7.69. The van der Waals surface area contributed by atoms with Crippen molar-refractivity contribution in [3.8, 4) is 0 Å². The van der Waals surface area contributed by atoms with E-state index in [2.05, 4.69) is 10.0 Å². The second-order valence-corrected chi connectivity index (χ2v) is 7.73. The summed E-state index contributed by atoms with van der Waals surface area (Å²) in [7, 11) is -3.48. The van der Waals surface area contributed by atoms with Gasteiger partial charge in [-0.2, -0.15) is 0 Å². The maximum atomic E-state index is 12.1. The van der Waals surface area contributed by atoms with Crippen LogP contribution in [-0.4, -0.2) is 39.0 Å². The average molecular weight is 306 g/mol. The van der Waals surface area contributed by atoms with Crippen molar-refractivity contribution < 1.29 is 18.0 Å². The molecule has 118 valence electrons. The topological polar surface area (TPSA) is 92.3 Å². The van der Waals surface area contributed by atoms with E-state index in [-0.39, 0.29) is 11.8 Å². The molecule has 0 aliphatic heterocycles. The summed E-state index contributed by atoms with van der Waals surface area (Å²) < 4.78 is 24.9. The first-order valence-electron chi connectivity index (χ1n) is 6.78. The summed E-state index contributed by atoms with van der Waals surface area (Å²) in [4.78, 5) is 23.1. The average Bonchev–Trinajstić information content (AvgIpc) is 2.23. The Hall–Kier alpha value is -0.950. The highest BCUT2D eigenvalue weighted by atomic mass is 32.2. The van der Waals surface area contributed by atoms with Gasteiger partial charge < -0.3 is 10.1 Å². The third kappa shape index (κ3) is 9.03. The molecule has 0 aromatic rings. The van der Waals surface area contributed by atoms with Crippen LogP contribution < -0.4 is 10.0 Å². The van der Waals surface area contributed by atoms with E-state index in [4.69, 9.17) is 0 Å². The van der Waals surface area contributed by atoms with Gasteiger partial charge in [0.1, 0.15) is 12.3 Å². The molecule has 0 spiro atoms. The van der Waals surface area contributed by atoms with Gasteiger partial charge in [-0.1, -0.05) is 27.7 Å². The van der Waals surface area contributed by atoms with Crippen molar-refractivity contribution in [1.29, 1.82) is 0 Å². The molecule has 0 fully saturated rings. The zero-order chi connectivity index (χ0) is 15.9. The molecule has 7 heteroatoms. The minimum atomic E-state index is -3.48. The Balaban J connectivity index is 4.80. The molecule has 0 unspecified atom stereocenters. The van der Waals surface area contributed by atoms with Crippen molar-refractivity contribution in [3.63, 3.8) is 0 Å². The second kappa shape index (κ2) is 8.36. The molecule has 0 aliphatic carbocycles. The molecule has 20 heavy (non-hydrogen) atoms. The Bertz CT molecular complexity index is 418. The van der Waals surface area contributed by atoms with E-state index >= 15 is 0 Å². The predicted octanol–water partition coefficient (Wildman–Crippen LogP) is 0.680. The Morgan fingerprint density at radius 1 is 1.10 bits per heavy atom. The van der Waals surface area contributed by atoms with E-state index in [1.165, 1.54) is 0 Å². The highest BCUT2D eigenvalue weighted by Gasteiger charge is 2.25. The van der Waals surface area contributed by atoms with Crippen LogP contribution in [0.5, 0.6) is 0 Å². The number of sulfonamides is 1. The number of amides is 1. The van der Waals surface area contributed by atoms with Gasteiger partial charge in [0.15, 0.2) is 0 Å². The van der Waals surface area contributed by atoms with Crippen molar-refractivity contribution in [1.82, 2.24) is 10.0 Å². The fourth-order valence-corrected chi connectivity index (χ4v) is 2.60. The number of carbonyl (C=O) groups is 2. The monoisotopic (exact) mass is 306 g/mol. The second-order valence-electron chi connectivity index (χ2n) is 5.95. The summed E-state index contributed by atoms with van der Waals surface area (Å²) in [5, 5.41) is 2.59. The zero-order valence-corrected chi connectivity index (χ0v) is 13.7. The summed E-state index contributed by atoms with van der Waals surface area (Å²) >= 11 is 0. The van der Waals surface area contributed by atoms with Crippen LogP contribution in [0.4, 0.5) is 0 Å². The van der Waals surface area contributed by atoms with Crippen LogP contribution in [-0.2, 0) is 19.6 Å². The Morgan fingerprint density at radius 3 is 1.95 bits per heavy atom. The third-order valence-corrected chi connectivity index (χ3v) is 3.31. The first-order chi connectivity index (χ1) is 9.05. The molecule has 6 nitrogen and oxygen atoms in total. The minimum absolute atomic E-state index is 0.153. The standard InChI is InChI=1S/C13H26N2O4S/c1-9(2)6-11(8-16)14-13(17)12(7-10(3)4)15-20(5,18)19/h8-12,15H,6-7H2,1-5H3,(H,14,17)/t11-,12+/m0/s1. The van der Waals surface area contributed by atoms with E-state index in [1.807, 2.05) is 27.7 Å². The lowest BCUT2D eigenvalue weighted by molar-refractivity contribution is -0.125. The fourth-order valence-electron chi connectivity index (χ4n) is 1.88. The Labute approximate surface area is 121 Å². The smallest absolute Gasteiger partial charge is 0.238 e. The van der Waals surface area contributed by atoms with Crippen molar-refractivity contribution in [2.24, 2.45) is 11.8 Å². The number of aldehydes is 1. The first kappa shape index (κ1) is 19.1. The number of hydrogen-bond donors (Lipinski definition) is 2. The Morgan fingerprint density at radius 2 is 1.60 bits per heavy atom. The van der Waals surface area contributed by atoms with Gasteiger partial charge in [0.2, 0.25) is 15.9 Å². The van der Waals surface area contributed by atoms with Gasteiger partial charge in [0.05, 0.1) is 12.3 Å². The lowest BCUT2D eigenvalue weighted by atomic mass is 10.0. The molecule has 2 N–H and O–H groups in total. The Kier molecular flexibility index (Phi) is 7.96. The first-order valence-corrected chi connectivity index (χ1v) is 8.67. The molecule has 0 aliphatic rings. The zero-order valence-electron chi connectivity index (χ0n) is 12.8. The van der Waals surface area contributed by atoms with Gasteiger partial charge in [-0.3, -0.25) is 4.79 Å². The van der Waals surface area contributed by atoms with E-state index in [0.717, 1.165) is 6.26 Å². The van der Waals surface area contributed by atoms with Gasteiger partial charge in [-0.05, 0) is 24.7 Å². The van der Waals surface area contributed by atoms with E-state index in [0.29, 0.717) is 19.1 Å². The normalized spacial score (nSPS) is 15.2. The molecule has 0 aromatic heterocycles. The molecule has 0 saturated carbocycles. The van der Waals surface area contributed by atoms with E-state index < -0.39 is 28.0 Å². The number of nitrogens with one attached hydrogen (secondary N) is 2. The quantitative estimate of drug-likeness (QED) is 0.613. The van der Waals surface area contributed by atoms with Crippen LogP contribution >= 0.6 is 0 Å². The van der Waals surface area contributed by atoms with Gasteiger partial charge in [-0.15, -0.1) is 0 Å². The van der Waals surface area contributed by atoms with Gasteiger partial charge in [0, 0.05) is 0 Å². The van der Waals surface area contributed by atoms with Gasteiger partial charge >= 0.3 is 0 Å². The lowest BCUT2D eigenvalue weighted by Crippen LogP contribution is -2.50. The molecular weight excluding hydrogens is 280 g/mol. The molecule has 0 heterocycles. The SMILES string of the molecule is CC(C)C[C@@H](C=O)NC(=O)[C@@H](CC(C)C)NS(C)(=O)=O. The third-order valence-electron chi connectivity index (χ3n) is 2.60. The molecule has 0 aromatic carbocycles. The van der Waals surface area contributed by atoms with E-state index in [9.17, 15) is 18.0 Å². The fraction of sp³-hybridized carbons (Fsp3) is 0.846. The predicted molar refractivity (Wildman–Crippen MR) is 78.7 cm³/mol. The van der Waals surface area contributed by atoms with Crippen LogP contribution in [0, 0.1) is 11.8 Å². The van der Waals surface area contributed by atoms with Crippen molar-refractivity contribution in [2.45, 2.75) is 52.6 Å². The van der Waals surface area contributed by atoms with Crippen LogP contribution in [0.15, 0.2) is 0 Å². The molecule has 0 rings (SSSR count). The van der Waals surface area contributed by atoms with Crippen molar-refractivity contribution in [3.05, 3.63) is 0 Å². The molecule has 2 atom stereocenters. The van der Waals surface area contributed by atoms with Crippen molar-refractivity contribution in [2.75, 3.05) is 6.26 Å². The maximum Gasteiger partial charge on any atom is 0.238 e. The number of hydrogen-bond acceptors (Lipinski definition) is 4. The molecule has 1 amide bonds. The molecule has 0 bridgehead atoms. The maximum absolute atomic E-state index is 12.1. The number of rotatable bonds is 9. The highest BCUT2D eigenvalue weighted by molar-refractivity contribution is 7.88. The van der Waals surface area contributed by atoms with Crippen molar-refractivity contribution >= 4 is 22.2 Å².